The third-order valence-electron chi connectivity index (χ3n) is 3.54. The van der Waals surface area contributed by atoms with Crippen molar-refractivity contribution in [1.82, 2.24) is 4.57 Å². The summed E-state index contributed by atoms with van der Waals surface area (Å²) in [6.07, 6.45) is 5.10. The van der Waals surface area contributed by atoms with Crippen LogP contribution < -0.4 is 0 Å². The van der Waals surface area contributed by atoms with Crippen LogP contribution in [0.4, 0.5) is 0 Å². The SMILES string of the molecule is CSC(C)Cn1c(C)cc2c1CCCC2O. The molecule has 0 bridgehead atoms. The summed E-state index contributed by atoms with van der Waals surface area (Å²) < 4.78 is 2.40. The number of aromatic nitrogens is 1. The van der Waals surface area contributed by atoms with Crippen LogP contribution in [0.5, 0.6) is 0 Å². The Morgan fingerprint density at radius 3 is 3.06 bits per heavy atom. The monoisotopic (exact) mass is 239 g/mol. The van der Waals surface area contributed by atoms with Crippen molar-refractivity contribution in [1.29, 1.82) is 0 Å². The van der Waals surface area contributed by atoms with E-state index in [2.05, 4.69) is 30.7 Å². The number of thioether (sulfide) groups is 1. The lowest BCUT2D eigenvalue weighted by Gasteiger charge is -2.21. The molecule has 1 aromatic heterocycles. The summed E-state index contributed by atoms with van der Waals surface area (Å²) in [5.41, 5.74) is 3.85. The second kappa shape index (κ2) is 4.84. The molecule has 0 aromatic carbocycles. The number of aryl methyl sites for hydroxylation is 1. The van der Waals surface area contributed by atoms with Crippen molar-refractivity contribution in [3.63, 3.8) is 0 Å². The predicted molar refractivity (Wildman–Crippen MR) is 70.0 cm³/mol. The summed E-state index contributed by atoms with van der Waals surface area (Å²) in [7, 11) is 0. The van der Waals surface area contributed by atoms with Gasteiger partial charge in [-0.25, -0.2) is 0 Å². The van der Waals surface area contributed by atoms with E-state index in [1.807, 2.05) is 11.8 Å². The molecule has 1 heterocycles. The average molecular weight is 239 g/mol. The second-order valence-electron chi connectivity index (χ2n) is 4.75. The Morgan fingerprint density at radius 1 is 1.62 bits per heavy atom. The van der Waals surface area contributed by atoms with Gasteiger partial charge in [-0.2, -0.15) is 11.8 Å². The summed E-state index contributed by atoms with van der Waals surface area (Å²) in [5, 5.41) is 10.6. The van der Waals surface area contributed by atoms with Crippen molar-refractivity contribution in [2.24, 2.45) is 0 Å². The lowest BCUT2D eigenvalue weighted by Crippen LogP contribution is -2.16. The van der Waals surface area contributed by atoms with Gasteiger partial charge in [-0.15, -0.1) is 0 Å². The zero-order chi connectivity index (χ0) is 11.7. The molecule has 0 amide bonds. The molecule has 1 aliphatic carbocycles. The molecular weight excluding hydrogens is 218 g/mol. The Balaban J connectivity index is 2.31. The molecule has 2 atom stereocenters. The average Bonchev–Trinajstić information content (AvgIpc) is 2.58. The van der Waals surface area contributed by atoms with Crippen LogP contribution in [0.3, 0.4) is 0 Å². The van der Waals surface area contributed by atoms with E-state index in [-0.39, 0.29) is 6.10 Å². The highest BCUT2D eigenvalue weighted by molar-refractivity contribution is 7.99. The highest BCUT2D eigenvalue weighted by Gasteiger charge is 2.23. The summed E-state index contributed by atoms with van der Waals surface area (Å²) in [4.78, 5) is 0. The van der Waals surface area contributed by atoms with E-state index in [1.54, 1.807) is 0 Å². The van der Waals surface area contributed by atoms with Crippen molar-refractivity contribution < 1.29 is 5.11 Å². The lowest BCUT2D eigenvalue weighted by atomic mass is 9.95. The lowest BCUT2D eigenvalue weighted by molar-refractivity contribution is 0.155. The summed E-state index contributed by atoms with van der Waals surface area (Å²) >= 11 is 1.90. The van der Waals surface area contributed by atoms with Crippen LogP contribution in [0.25, 0.3) is 0 Å². The Hall–Kier alpha value is -0.410. The van der Waals surface area contributed by atoms with Gasteiger partial charge < -0.3 is 9.67 Å². The number of aliphatic hydroxyl groups excluding tert-OH is 1. The van der Waals surface area contributed by atoms with E-state index in [9.17, 15) is 5.11 Å². The second-order valence-corrected chi connectivity index (χ2v) is 6.03. The molecule has 0 fully saturated rings. The van der Waals surface area contributed by atoms with Gasteiger partial charge in [0.05, 0.1) is 6.10 Å². The first-order chi connectivity index (χ1) is 7.63. The third kappa shape index (κ3) is 2.16. The van der Waals surface area contributed by atoms with Gasteiger partial charge >= 0.3 is 0 Å². The summed E-state index contributed by atoms with van der Waals surface area (Å²) in [5.74, 6) is 0. The first-order valence-corrected chi connectivity index (χ1v) is 7.32. The zero-order valence-electron chi connectivity index (χ0n) is 10.4. The van der Waals surface area contributed by atoms with Gasteiger partial charge in [-0.3, -0.25) is 0 Å². The largest absolute Gasteiger partial charge is 0.388 e. The number of aliphatic hydroxyl groups is 1. The normalized spacial score (nSPS) is 21.9. The van der Waals surface area contributed by atoms with Crippen LogP contribution in [0.1, 0.15) is 42.8 Å². The minimum absolute atomic E-state index is 0.228. The molecule has 2 rings (SSSR count). The van der Waals surface area contributed by atoms with Crippen LogP contribution in [-0.4, -0.2) is 21.2 Å². The van der Waals surface area contributed by atoms with E-state index >= 15 is 0 Å². The molecule has 1 aromatic rings. The molecule has 0 radical (unpaired) electrons. The standard InChI is InChI=1S/C13H21NOS/c1-9-7-11-12(5-4-6-13(11)15)14(9)8-10(2)16-3/h7,10,13,15H,4-6,8H2,1-3H3. The molecule has 3 heteroatoms. The topological polar surface area (TPSA) is 25.2 Å². The zero-order valence-corrected chi connectivity index (χ0v) is 11.2. The van der Waals surface area contributed by atoms with E-state index < -0.39 is 0 Å². The fourth-order valence-corrected chi connectivity index (χ4v) is 2.83. The maximum Gasteiger partial charge on any atom is 0.0807 e. The van der Waals surface area contributed by atoms with E-state index in [0.29, 0.717) is 5.25 Å². The molecule has 2 nitrogen and oxygen atoms in total. The molecule has 0 spiro atoms. The third-order valence-corrected chi connectivity index (χ3v) is 4.50. The van der Waals surface area contributed by atoms with Crippen LogP contribution in [0.2, 0.25) is 0 Å². The van der Waals surface area contributed by atoms with Crippen molar-refractivity contribution in [3.8, 4) is 0 Å². The molecular formula is C13H21NOS. The minimum atomic E-state index is -0.228. The maximum absolute atomic E-state index is 9.97. The van der Waals surface area contributed by atoms with Crippen LogP contribution >= 0.6 is 11.8 Å². The maximum atomic E-state index is 9.97. The van der Waals surface area contributed by atoms with E-state index in [1.165, 1.54) is 17.0 Å². The number of fused-ring (bicyclic) bond motifs is 1. The van der Waals surface area contributed by atoms with Gasteiger partial charge in [-0.05, 0) is 38.5 Å². The molecule has 1 aliphatic rings. The van der Waals surface area contributed by atoms with Crippen LogP contribution in [0, 0.1) is 6.92 Å². The number of hydrogen-bond donors (Lipinski definition) is 1. The Morgan fingerprint density at radius 2 is 2.38 bits per heavy atom. The number of rotatable bonds is 3. The van der Waals surface area contributed by atoms with Crippen molar-refractivity contribution in [3.05, 3.63) is 23.0 Å². The molecule has 0 saturated carbocycles. The molecule has 2 unspecified atom stereocenters. The van der Waals surface area contributed by atoms with Crippen molar-refractivity contribution in [2.45, 2.75) is 51.0 Å². The van der Waals surface area contributed by atoms with Gasteiger partial charge in [0.2, 0.25) is 0 Å². The Bertz CT molecular complexity index is 372. The highest BCUT2D eigenvalue weighted by Crippen LogP contribution is 2.32. The fourth-order valence-electron chi connectivity index (χ4n) is 2.53. The summed E-state index contributed by atoms with van der Waals surface area (Å²) in [6.45, 7) is 5.48. The van der Waals surface area contributed by atoms with E-state index in [0.717, 1.165) is 25.8 Å². The first-order valence-electron chi connectivity index (χ1n) is 6.03. The number of nitrogens with zero attached hydrogens (tertiary/aromatic N) is 1. The molecule has 1 N–H and O–H groups in total. The van der Waals surface area contributed by atoms with Gasteiger partial charge in [0.1, 0.15) is 0 Å². The molecule has 0 aliphatic heterocycles. The van der Waals surface area contributed by atoms with Crippen molar-refractivity contribution >= 4 is 11.8 Å². The molecule has 90 valence electrons. The Kier molecular flexibility index (Phi) is 3.65. The smallest absolute Gasteiger partial charge is 0.0807 e. The molecule has 16 heavy (non-hydrogen) atoms. The quantitative estimate of drug-likeness (QED) is 0.877. The summed E-state index contributed by atoms with van der Waals surface area (Å²) in [6, 6.07) is 2.17. The van der Waals surface area contributed by atoms with Crippen LogP contribution in [0.15, 0.2) is 6.07 Å². The van der Waals surface area contributed by atoms with Gasteiger partial charge in [0.25, 0.3) is 0 Å². The van der Waals surface area contributed by atoms with Gasteiger partial charge in [0.15, 0.2) is 0 Å². The highest BCUT2D eigenvalue weighted by atomic mass is 32.2. The van der Waals surface area contributed by atoms with Gasteiger partial charge in [0, 0.05) is 28.7 Å². The van der Waals surface area contributed by atoms with E-state index in [4.69, 9.17) is 0 Å². The van der Waals surface area contributed by atoms with Crippen LogP contribution in [-0.2, 0) is 13.0 Å². The predicted octanol–water partition coefficient (Wildman–Crippen LogP) is 2.92. The van der Waals surface area contributed by atoms with Crippen molar-refractivity contribution in [2.75, 3.05) is 6.26 Å². The Labute approximate surface area is 102 Å². The van der Waals surface area contributed by atoms with Gasteiger partial charge in [-0.1, -0.05) is 6.92 Å². The minimum Gasteiger partial charge on any atom is -0.388 e. The fraction of sp³-hybridized carbons (Fsp3) is 0.692. The molecule has 0 saturated heterocycles. The first kappa shape index (κ1) is 12.1. The number of hydrogen-bond acceptors (Lipinski definition) is 2.